The highest BCUT2D eigenvalue weighted by molar-refractivity contribution is 5.86. The van der Waals surface area contributed by atoms with E-state index in [1.165, 1.54) is 0 Å². The van der Waals surface area contributed by atoms with Gasteiger partial charge < -0.3 is 9.15 Å². The molecule has 4 heteroatoms. The predicted octanol–water partition coefficient (Wildman–Crippen LogP) is 1.99. The van der Waals surface area contributed by atoms with Crippen LogP contribution in [0, 0.1) is 0 Å². The van der Waals surface area contributed by atoms with Crippen LogP contribution in [0.25, 0.3) is 0 Å². The summed E-state index contributed by atoms with van der Waals surface area (Å²) >= 11 is 0. The molecule has 12 heavy (non-hydrogen) atoms. The Kier molecular flexibility index (Phi) is 2.74. The molecule has 1 aromatic rings. The number of hydrogen-bond donors (Lipinski definition) is 0. The average molecular weight is 169 g/mol. The monoisotopic (exact) mass is 169 g/mol. The van der Waals surface area contributed by atoms with Crippen LogP contribution in [-0.2, 0) is 9.84 Å². The first-order chi connectivity index (χ1) is 5.74. The molecule has 0 atom stereocenters. The van der Waals surface area contributed by atoms with E-state index in [-0.39, 0.29) is 11.5 Å². The van der Waals surface area contributed by atoms with Gasteiger partial charge in [0, 0.05) is 6.07 Å². The van der Waals surface area contributed by atoms with Crippen molar-refractivity contribution in [2.75, 3.05) is 6.61 Å². The average Bonchev–Trinajstić information content (AvgIpc) is 2.47. The highest BCUT2D eigenvalue weighted by Crippen LogP contribution is 2.14. The molecule has 1 heterocycles. The van der Waals surface area contributed by atoms with Gasteiger partial charge in [-0.2, -0.15) is 0 Å². The molecule has 1 aromatic heterocycles. The quantitative estimate of drug-likeness (QED) is 0.650. The Morgan fingerprint density at radius 2 is 2.42 bits per heavy atom. The minimum Gasteiger partial charge on any atom is -0.460 e. The molecule has 0 aromatic carbocycles. The van der Waals surface area contributed by atoms with Gasteiger partial charge in [0.1, 0.15) is 6.26 Å². The Balaban J connectivity index is 2.53. The molecule has 0 aliphatic heterocycles. The first-order valence-corrected chi connectivity index (χ1v) is 3.66. The van der Waals surface area contributed by atoms with Crippen LogP contribution in [0.3, 0.4) is 0 Å². The molecule has 0 aliphatic carbocycles. The lowest BCUT2D eigenvalue weighted by atomic mass is 10.4. The fourth-order valence-corrected chi connectivity index (χ4v) is 0.692. The summed E-state index contributed by atoms with van der Waals surface area (Å²) in [6, 6.07) is 1.11. The van der Waals surface area contributed by atoms with Crippen LogP contribution in [0.4, 0.5) is 0 Å². The van der Waals surface area contributed by atoms with Gasteiger partial charge in [-0.1, -0.05) is 6.92 Å². The largest absolute Gasteiger partial charge is 0.460 e. The summed E-state index contributed by atoms with van der Waals surface area (Å²) in [7, 11) is 0. The smallest absolute Gasteiger partial charge is 0.374 e. The fourth-order valence-electron chi connectivity index (χ4n) is 0.692. The topological polar surface area (TPSA) is 59.3 Å². The van der Waals surface area contributed by atoms with E-state index in [1.54, 1.807) is 0 Å². The zero-order valence-corrected chi connectivity index (χ0v) is 6.70. The van der Waals surface area contributed by atoms with E-state index in [0.29, 0.717) is 6.61 Å². The van der Waals surface area contributed by atoms with Gasteiger partial charge in [0.2, 0.25) is 11.5 Å². The van der Waals surface area contributed by atoms with Gasteiger partial charge >= 0.3 is 5.97 Å². The molecule has 0 amide bonds. The first kappa shape index (κ1) is 8.64. The van der Waals surface area contributed by atoms with E-state index in [2.05, 4.69) is 4.42 Å². The second kappa shape index (κ2) is 3.80. The maximum Gasteiger partial charge on any atom is 0.374 e. The molecule has 0 unspecified atom stereocenters. The standard InChI is InChI=1S/C8H9O4/c1-2-3-11-8(10)7-4-6(9)5-12-7/h4-5H,2-3H2,1H3. The van der Waals surface area contributed by atoms with E-state index in [0.717, 1.165) is 18.8 Å². The van der Waals surface area contributed by atoms with Crippen LogP contribution >= 0.6 is 0 Å². The molecule has 4 nitrogen and oxygen atoms in total. The van der Waals surface area contributed by atoms with Crippen molar-refractivity contribution in [3.63, 3.8) is 0 Å². The number of carbonyl (C=O) groups is 1. The summed E-state index contributed by atoms with van der Waals surface area (Å²) in [6.07, 6.45) is 1.72. The van der Waals surface area contributed by atoms with Crippen LogP contribution in [0.15, 0.2) is 16.7 Å². The second-order valence-electron chi connectivity index (χ2n) is 2.28. The third kappa shape index (κ3) is 2.02. The number of hydrogen-bond acceptors (Lipinski definition) is 3. The number of carbonyl (C=O) groups excluding carboxylic acids is 1. The number of ether oxygens (including phenoxy) is 1. The Hall–Kier alpha value is -1.45. The zero-order valence-electron chi connectivity index (χ0n) is 6.70. The van der Waals surface area contributed by atoms with E-state index in [9.17, 15) is 9.90 Å². The molecule has 1 rings (SSSR count). The van der Waals surface area contributed by atoms with Gasteiger partial charge in [-0.3, -0.25) is 5.11 Å². The van der Waals surface area contributed by atoms with Crippen LogP contribution in [0.2, 0.25) is 0 Å². The summed E-state index contributed by atoms with van der Waals surface area (Å²) < 4.78 is 9.36. The number of rotatable bonds is 3. The Morgan fingerprint density at radius 1 is 1.67 bits per heavy atom. The maximum absolute atomic E-state index is 11.0. The van der Waals surface area contributed by atoms with Crippen molar-refractivity contribution in [2.45, 2.75) is 13.3 Å². The lowest BCUT2D eigenvalue weighted by molar-refractivity contribution is 0.0469. The van der Waals surface area contributed by atoms with Gasteiger partial charge in [-0.15, -0.1) is 0 Å². The molecular weight excluding hydrogens is 160 g/mol. The van der Waals surface area contributed by atoms with Crippen LogP contribution in [0.1, 0.15) is 23.9 Å². The molecular formula is C8H9O4. The summed E-state index contributed by atoms with van der Waals surface area (Å²) in [6.45, 7) is 2.22. The molecule has 1 radical (unpaired) electrons. The van der Waals surface area contributed by atoms with Gasteiger partial charge in [0.25, 0.3) is 0 Å². The van der Waals surface area contributed by atoms with Crippen molar-refractivity contribution >= 4 is 5.97 Å². The first-order valence-electron chi connectivity index (χ1n) is 3.66. The third-order valence-electron chi connectivity index (χ3n) is 1.21. The normalized spacial score (nSPS) is 9.75. The summed E-state index contributed by atoms with van der Waals surface area (Å²) in [4.78, 5) is 11.0. The summed E-state index contributed by atoms with van der Waals surface area (Å²) in [5.74, 6) is -0.939. The Bertz CT molecular complexity index is 264. The van der Waals surface area contributed by atoms with E-state index in [4.69, 9.17) is 4.74 Å². The lowest BCUT2D eigenvalue weighted by Crippen LogP contribution is -2.04. The number of esters is 1. The number of furan rings is 1. The highest BCUT2D eigenvalue weighted by Gasteiger charge is 2.12. The van der Waals surface area contributed by atoms with Crippen LogP contribution < -0.4 is 0 Å². The van der Waals surface area contributed by atoms with Crippen molar-refractivity contribution in [3.05, 3.63) is 18.1 Å². The van der Waals surface area contributed by atoms with Gasteiger partial charge in [0.05, 0.1) is 6.61 Å². The van der Waals surface area contributed by atoms with Crippen molar-refractivity contribution in [1.82, 2.24) is 0 Å². The fraction of sp³-hybridized carbons (Fsp3) is 0.375. The van der Waals surface area contributed by atoms with E-state index in [1.807, 2.05) is 6.92 Å². The summed E-state index contributed by atoms with van der Waals surface area (Å²) in [5.41, 5.74) is 0. The van der Waals surface area contributed by atoms with Crippen molar-refractivity contribution in [2.24, 2.45) is 0 Å². The predicted molar refractivity (Wildman–Crippen MR) is 39.4 cm³/mol. The molecule has 0 aliphatic rings. The van der Waals surface area contributed by atoms with Gasteiger partial charge in [0.15, 0.2) is 0 Å². The van der Waals surface area contributed by atoms with Crippen molar-refractivity contribution < 1.29 is 19.1 Å². The lowest BCUT2D eigenvalue weighted by Gasteiger charge is -1.97. The maximum atomic E-state index is 11.0. The zero-order chi connectivity index (χ0) is 8.97. The molecule has 0 saturated heterocycles. The highest BCUT2D eigenvalue weighted by atomic mass is 16.5. The van der Waals surface area contributed by atoms with E-state index >= 15 is 0 Å². The van der Waals surface area contributed by atoms with Crippen LogP contribution in [0.5, 0.6) is 5.75 Å². The SMILES string of the molecule is CCCOC(=O)c1cc([O])co1. The van der Waals surface area contributed by atoms with Crippen molar-refractivity contribution in [1.29, 1.82) is 0 Å². The molecule has 0 bridgehead atoms. The minimum absolute atomic E-state index is 0.0338. The minimum atomic E-state index is -0.584. The van der Waals surface area contributed by atoms with Crippen molar-refractivity contribution in [3.8, 4) is 5.75 Å². The van der Waals surface area contributed by atoms with Gasteiger partial charge in [-0.05, 0) is 6.42 Å². The third-order valence-corrected chi connectivity index (χ3v) is 1.21. The molecule has 0 spiro atoms. The molecule has 0 N–H and O–H groups in total. The van der Waals surface area contributed by atoms with E-state index < -0.39 is 5.97 Å². The second-order valence-corrected chi connectivity index (χ2v) is 2.28. The molecule has 65 valence electrons. The Labute approximate surface area is 69.8 Å². The summed E-state index contributed by atoms with van der Waals surface area (Å²) in [5, 5.41) is 10.6. The van der Waals surface area contributed by atoms with Crippen LogP contribution in [-0.4, -0.2) is 12.6 Å². The van der Waals surface area contributed by atoms with Gasteiger partial charge in [-0.25, -0.2) is 4.79 Å². The molecule has 0 fully saturated rings. The Morgan fingerprint density at radius 3 is 2.92 bits per heavy atom. The molecule has 0 saturated carbocycles.